The molecule has 16 heavy (non-hydrogen) atoms. The lowest BCUT2D eigenvalue weighted by molar-refractivity contribution is 0.602. The molecule has 0 aliphatic heterocycles. The molecule has 0 atom stereocenters. The summed E-state index contributed by atoms with van der Waals surface area (Å²) in [5, 5.41) is 2.65. The van der Waals surface area contributed by atoms with Crippen molar-refractivity contribution in [1.29, 1.82) is 0 Å². The van der Waals surface area contributed by atoms with Crippen LogP contribution >= 0.6 is 11.3 Å². The molecule has 0 saturated heterocycles. The molecule has 2 aromatic heterocycles. The van der Waals surface area contributed by atoms with Crippen molar-refractivity contribution in [1.82, 2.24) is 0 Å². The first-order valence-corrected chi connectivity index (χ1v) is 5.78. The molecule has 3 rings (SSSR count). The van der Waals surface area contributed by atoms with Gasteiger partial charge in [0.15, 0.2) is 5.43 Å². The molecule has 0 unspecified atom stereocenters. The van der Waals surface area contributed by atoms with Crippen LogP contribution in [0.15, 0.2) is 57.3 Å². The van der Waals surface area contributed by atoms with Gasteiger partial charge in [0, 0.05) is 10.9 Å². The zero-order valence-corrected chi connectivity index (χ0v) is 9.16. The average molecular weight is 228 g/mol. The summed E-state index contributed by atoms with van der Waals surface area (Å²) in [5.74, 6) is 0. The molecular formula is C13H8O2S. The highest BCUT2D eigenvalue weighted by molar-refractivity contribution is 7.13. The fraction of sp³-hybridized carbons (Fsp3) is 0. The van der Waals surface area contributed by atoms with Crippen LogP contribution in [0.3, 0.4) is 0 Å². The first kappa shape index (κ1) is 9.36. The summed E-state index contributed by atoms with van der Waals surface area (Å²) in [7, 11) is 0. The standard InChI is InChI=1S/C13H8O2S/c14-11-5-6-15-12-4-3-9(8-10(11)12)13-2-1-7-16-13/h1-8H. The third-order valence-corrected chi connectivity index (χ3v) is 3.38. The Morgan fingerprint density at radius 3 is 2.88 bits per heavy atom. The van der Waals surface area contributed by atoms with Gasteiger partial charge in [-0.05, 0) is 35.2 Å². The van der Waals surface area contributed by atoms with Crippen molar-refractivity contribution in [3.8, 4) is 10.4 Å². The Kier molecular flexibility index (Phi) is 2.11. The third kappa shape index (κ3) is 1.46. The Bertz CT molecular complexity index is 680. The minimum absolute atomic E-state index is 0.000318. The summed E-state index contributed by atoms with van der Waals surface area (Å²) in [4.78, 5) is 12.8. The third-order valence-electron chi connectivity index (χ3n) is 2.47. The van der Waals surface area contributed by atoms with E-state index in [2.05, 4.69) is 0 Å². The van der Waals surface area contributed by atoms with Crippen LogP contribution in [0.25, 0.3) is 21.4 Å². The SMILES string of the molecule is O=c1ccoc2ccc(-c3cccs3)cc12. The zero-order chi connectivity index (χ0) is 11.0. The predicted octanol–water partition coefficient (Wildman–Crippen LogP) is 3.52. The Balaban J connectivity index is 2.31. The van der Waals surface area contributed by atoms with E-state index in [-0.39, 0.29) is 5.43 Å². The summed E-state index contributed by atoms with van der Waals surface area (Å²) in [6, 6.07) is 11.2. The van der Waals surface area contributed by atoms with Gasteiger partial charge in [-0.25, -0.2) is 0 Å². The number of benzene rings is 1. The van der Waals surface area contributed by atoms with Gasteiger partial charge in [-0.1, -0.05) is 6.07 Å². The van der Waals surface area contributed by atoms with Crippen LogP contribution in [-0.4, -0.2) is 0 Å². The maximum absolute atomic E-state index is 11.6. The average Bonchev–Trinajstić information content (AvgIpc) is 2.83. The molecule has 1 aromatic carbocycles. The number of rotatable bonds is 1. The molecule has 2 nitrogen and oxygen atoms in total. The maximum atomic E-state index is 11.6. The summed E-state index contributed by atoms with van der Waals surface area (Å²) < 4.78 is 5.27. The van der Waals surface area contributed by atoms with E-state index in [1.165, 1.54) is 12.3 Å². The largest absolute Gasteiger partial charge is 0.464 e. The van der Waals surface area contributed by atoms with Gasteiger partial charge in [-0.2, -0.15) is 0 Å². The highest BCUT2D eigenvalue weighted by Crippen LogP contribution is 2.26. The van der Waals surface area contributed by atoms with E-state index in [1.54, 1.807) is 11.3 Å². The van der Waals surface area contributed by atoms with E-state index in [0.29, 0.717) is 11.0 Å². The quantitative estimate of drug-likeness (QED) is 0.638. The number of fused-ring (bicyclic) bond motifs is 1. The number of thiophene rings is 1. The van der Waals surface area contributed by atoms with Crippen molar-refractivity contribution in [2.24, 2.45) is 0 Å². The molecule has 3 heteroatoms. The minimum atomic E-state index is -0.000318. The highest BCUT2D eigenvalue weighted by Gasteiger charge is 2.03. The van der Waals surface area contributed by atoms with Crippen LogP contribution in [0, 0.1) is 0 Å². The fourth-order valence-electron chi connectivity index (χ4n) is 1.68. The molecule has 0 aliphatic carbocycles. The Labute approximate surface area is 95.8 Å². The van der Waals surface area contributed by atoms with Crippen LogP contribution < -0.4 is 5.43 Å². The van der Waals surface area contributed by atoms with E-state index in [0.717, 1.165) is 10.4 Å². The first-order valence-electron chi connectivity index (χ1n) is 4.90. The number of hydrogen-bond donors (Lipinski definition) is 0. The van der Waals surface area contributed by atoms with E-state index in [1.807, 2.05) is 35.7 Å². The molecule has 3 aromatic rings. The molecule has 0 amide bonds. The van der Waals surface area contributed by atoms with E-state index >= 15 is 0 Å². The van der Waals surface area contributed by atoms with Gasteiger partial charge in [-0.3, -0.25) is 4.79 Å². The van der Waals surface area contributed by atoms with E-state index < -0.39 is 0 Å². The molecule has 0 radical (unpaired) electrons. The van der Waals surface area contributed by atoms with E-state index in [9.17, 15) is 4.79 Å². The monoisotopic (exact) mass is 228 g/mol. The second kappa shape index (κ2) is 3.61. The second-order valence-corrected chi connectivity index (χ2v) is 4.42. The van der Waals surface area contributed by atoms with Crippen molar-refractivity contribution in [2.45, 2.75) is 0 Å². The highest BCUT2D eigenvalue weighted by atomic mass is 32.1. The Morgan fingerprint density at radius 2 is 2.06 bits per heavy atom. The lowest BCUT2D eigenvalue weighted by Crippen LogP contribution is -1.97. The van der Waals surface area contributed by atoms with Crippen LogP contribution in [0.5, 0.6) is 0 Å². The predicted molar refractivity (Wildman–Crippen MR) is 65.8 cm³/mol. The molecule has 0 saturated carbocycles. The molecule has 0 aliphatic rings. The van der Waals surface area contributed by atoms with Crippen LogP contribution in [-0.2, 0) is 0 Å². The maximum Gasteiger partial charge on any atom is 0.192 e. The normalized spacial score (nSPS) is 10.8. The van der Waals surface area contributed by atoms with Crippen LogP contribution in [0.2, 0.25) is 0 Å². The Morgan fingerprint density at radius 1 is 1.12 bits per heavy atom. The first-order chi connectivity index (χ1) is 7.84. The van der Waals surface area contributed by atoms with Gasteiger partial charge in [-0.15, -0.1) is 11.3 Å². The fourth-order valence-corrected chi connectivity index (χ4v) is 2.40. The molecule has 0 spiro atoms. The summed E-state index contributed by atoms with van der Waals surface area (Å²) in [6.07, 6.45) is 1.43. The van der Waals surface area contributed by atoms with Gasteiger partial charge in [0.25, 0.3) is 0 Å². The summed E-state index contributed by atoms with van der Waals surface area (Å²) in [5.41, 5.74) is 1.69. The summed E-state index contributed by atoms with van der Waals surface area (Å²) in [6.45, 7) is 0. The topological polar surface area (TPSA) is 30.2 Å². The minimum Gasteiger partial charge on any atom is -0.464 e. The molecule has 78 valence electrons. The van der Waals surface area contributed by atoms with Crippen molar-refractivity contribution >= 4 is 22.3 Å². The molecule has 0 N–H and O–H groups in total. The van der Waals surface area contributed by atoms with Gasteiger partial charge in [0.2, 0.25) is 0 Å². The smallest absolute Gasteiger partial charge is 0.192 e. The van der Waals surface area contributed by atoms with Gasteiger partial charge < -0.3 is 4.42 Å². The number of hydrogen-bond acceptors (Lipinski definition) is 3. The molecule has 2 heterocycles. The van der Waals surface area contributed by atoms with Crippen molar-refractivity contribution in [3.05, 3.63) is 58.3 Å². The van der Waals surface area contributed by atoms with Gasteiger partial charge in [0.05, 0.1) is 11.6 Å². The Hall–Kier alpha value is -1.87. The van der Waals surface area contributed by atoms with E-state index in [4.69, 9.17) is 4.42 Å². The van der Waals surface area contributed by atoms with Crippen LogP contribution in [0.1, 0.15) is 0 Å². The van der Waals surface area contributed by atoms with Crippen molar-refractivity contribution in [3.63, 3.8) is 0 Å². The lowest BCUT2D eigenvalue weighted by atomic mass is 10.1. The van der Waals surface area contributed by atoms with Crippen LogP contribution in [0.4, 0.5) is 0 Å². The summed E-state index contributed by atoms with van der Waals surface area (Å²) >= 11 is 1.66. The van der Waals surface area contributed by atoms with Crippen molar-refractivity contribution in [2.75, 3.05) is 0 Å². The second-order valence-electron chi connectivity index (χ2n) is 3.47. The lowest BCUT2D eigenvalue weighted by Gasteiger charge is -1.99. The molecular weight excluding hydrogens is 220 g/mol. The molecule has 0 bridgehead atoms. The van der Waals surface area contributed by atoms with Gasteiger partial charge in [0.1, 0.15) is 5.58 Å². The zero-order valence-electron chi connectivity index (χ0n) is 8.34. The van der Waals surface area contributed by atoms with Gasteiger partial charge >= 0.3 is 0 Å². The molecule has 0 fully saturated rings. The van der Waals surface area contributed by atoms with Crippen molar-refractivity contribution < 1.29 is 4.42 Å².